The molecule has 3 N–H and O–H groups in total. The number of nitrogens with two attached hydrogens (primary N) is 1. The standard InChI is InChI=1S/C16H14N2O2S/c17-15(19)11-5-3-6-12(8-11)18-16(20)14-9-10-4-1-2-7-13(10)21-14/h1-8,14H,9H2,(H2,17,19)(H,18,20). The highest BCUT2D eigenvalue weighted by Crippen LogP contribution is 2.37. The van der Waals surface area contributed by atoms with Crippen LogP contribution >= 0.6 is 11.8 Å². The van der Waals surface area contributed by atoms with Crippen molar-refractivity contribution in [1.82, 2.24) is 0 Å². The molecule has 1 aliphatic rings. The van der Waals surface area contributed by atoms with Crippen LogP contribution < -0.4 is 11.1 Å². The highest BCUT2D eigenvalue weighted by atomic mass is 32.2. The van der Waals surface area contributed by atoms with E-state index in [0.717, 1.165) is 11.3 Å². The van der Waals surface area contributed by atoms with Crippen LogP contribution in [0.25, 0.3) is 0 Å². The Hall–Kier alpha value is -2.27. The molecule has 0 radical (unpaired) electrons. The van der Waals surface area contributed by atoms with Crippen LogP contribution in [0.2, 0.25) is 0 Å². The number of amides is 2. The summed E-state index contributed by atoms with van der Waals surface area (Å²) in [6.07, 6.45) is 0.724. The van der Waals surface area contributed by atoms with Crippen LogP contribution in [0.15, 0.2) is 53.4 Å². The maximum atomic E-state index is 12.3. The molecular weight excluding hydrogens is 284 g/mol. The molecule has 0 saturated carbocycles. The van der Waals surface area contributed by atoms with Crippen molar-refractivity contribution in [2.24, 2.45) is 5.73 Å². The number of thioether (sulfide) groups is 1. The third kappa shape index (κ3) is 2.92. The highest BCUT2D eigenvalue weighted by Gasteiger charge is 2.27. The molecule has 1 heterocycles. The molecule has 0 fully saturated rings. The molecule has 4 nitrogen and oxygen atoms in total. The van der Waals surface area contributed by atoms with Crippen molar-refractivity contribution in [3.8, 4) is 0 Å². The van der Waals surface area contributed by atoms with Gasteiger partial charge in [0.05, 0.1) is 5.25 Å². The lowest BCUT2D eigenvalue weighted by Gasteiger charge is -2.10. The van der Waals surface area contributed by atoms with Crippen molar-refractivity contribution < 1.29 is 9.59 Å². The summed E-state index contributed by atoms with van der Waals surface area (Å²) < 4.78 is 0. The summed E-state index contributed by atoms with van der Waals surface area (Å²) in [7, 11) is 0. The van der Waals surface area contributed by atoms with Crippen LogP contribution in [-0.2, 0) is 11.2 Å². The summed E-state index contributed by atoms with van der Waals surface area (Å²) in [5.41, 5.74) is 7.41. The molecule has 1 aliphatic heterocycles. The van der Waals surface area contributed by atoms with E-state index < -0.39 is 5.91 Å². The number of fused-ring (bicyclic) bond motifs is 1. The maximum absolute atomic E-state index is 12.3. The van der Waals surface area contributed by atoms with Crippen molar-refractivity contribution in [3.05, 3.63) is 59.7 Å². The van der Waals surface area contributed by atoms with Gasteiger partial charge in [-0.3, -0.25) is 9.59 Å². The Morgan fingerprint density at radius 3 is 2.71 bits per heavy atom. The molecule has 0 spiro atoms. The van der Waals surface area contributed by atoms with Gasteiger partial charge in [0.1, 0.15) is 0 Å². The Balaban J connectivity index is 1.71. The quantitative estimate of drug-likeness (QED) is 0.914. The van der Waals surface area contributed by atoms with Gasteiger partial charge in [-0.2, -0.15) is 0 Å². The molecule has 2 aromatic carbocycles. The second kappa shape index (κ2) is 5.61. The fourth-order valence-electron chi connectivity index (χ4n) is 2.30. The van der Waals surface area contributed by atoms with E-state index in [2.05, 4.69) is 5.32 Å². The van der Waals surface area contributed by atoms with E-state index in [4.69, 9.17) is 5.73 Å². The van der Waals surface area contributed by atoms with Gasteiger partial charge >= 0.3 is 0 Å². The Kier molecular flexibility index (Phi) is 3.66. The number of hydrogen-bond donors (Lipinski definition) is 2. The summed E-state index contributed by atoms with van der Waals surface area (Å²) in [4.78, 5) is 24.6. The van der Waals surface area contributed by atoms with E-state index in [-0.39, 0.29) is 11.2 Å². The smallest absolute Gasteiger partial charge is 0.248 e. The van der Waals surface area contributed by atoms with Gasteiger partial charge in [0.15, 0.2) is 0 Å². The monoisotopic (exact) mass is 298 g/mol. The number of hydrogen-bond acceptors (Lipinski definition) is 3. The molecule has 0 aromatic heterocycles. The molecule has 2 aromatic rings. The summed E-state index contributed by atoms with van der Waals surface area (Å²) in [6, 6.07) is 14.7. The van der Waals surface area contributed by atoms with E-state index in [1.807, 2.05) is 24.3 Å². The van der Waals surface area contributed by atoms with E-state index >= 15 is 0 Å². The first kappa shape index (κ1) is 13.7. The molecule has 1 unspecified atom stereocenters. The minimum absolute atomic E-state index is 0.0576. The first-order chi connectivity index (χ1) is 10.1. The fourth-order valence-corrected chi connectivity index (χ4v) is 3.50. The second-order valence-corrected chi connectivity index (χ2v) is 6.10. The normalized spacial score (nSPS) is 16.3. The number of carbonyl (C=O) groups excluding carboxylic acids is 2. The zero-order chi connectivity index (χ0) is 14.8. The first-order valence-corrected chi connectivity index (χ1v) is 7.47. The molecule has 0 bridgehead atoms. The highest BCUT2D eigenvalue weighted by molar-refractivity contribution is 8.01. The van der Waals surface area contributed by atoms with Crippen molar-refractivity contribution in [2.45, 2.75) is 16.6 Å². The van der Waals surface area contributed by atoms with E-state index in [9.17, 15) is 9.59 Å². The van der Waals surface area contributed by atoms with E-state index in [1.165, 1.54) is 5.56 Å². The van der Waals surface area contributed by atoms with Gasteiger partial charge in [-0.05, 0) is 36.2 Å². The average Bonchev–Trinajstić information content (AvgIpc) is 2.91. The molecule has 0 saturated heterocycles. The molecular formula is C16H14N2O2S. The molecule has 3 rings (SSSR count). The van der Waals surface area contributed by atoms with Gasteiger partial charge in [0.2, 0.25) is 11.8 Å². The van der Waals surface area contributed by atoms with Crippen molar-refractivity contribution in [1.29, 1.82) is 0 Å². The number of nitrogens with one attached hydrogen (secondary N) is 1. The Morgan fingerprint density at radius 1 is 1.14 bits per heavy atom. The third-order valence-corrected chi connectivity index (χ3v) is 4.67. The predicted octanol–water partition coefficient (Wildman–Crippen LogP) is 2.44. The lowest BCUT2D eigenvalue weighted by atomic mass is 10.1. The third-order valence-electron chi connectivity index (χ3n) is 3.35. The molecule has 2 amide bonds. The van der Waals surface area contributed by atoms with Crippen LogP contribution in [0.1, 0.15) is 15.9 Å². The summed E-state index contributed by atoms with van der Waals surface area (Å²) >= 11 is 1.57. The largest absolute Gasteiger partial charge is 0.366 e. The number of anilines is 1. The number of rotatable bonds is 3. The molecule has 5 heteroatoms. The lowest BCUT2D eigenvalue weighted by molar-refractivity contribution is -0.115. The lowest BCUT2D eigenvalue weighted by Crippen LogP contribution is -2.24. The van der Waals surface area contributed by atoms with Crippen LogP contribution in [0, 0.1) is 0 Å². The summed E-state index contributed by atoms with van der Waals surface area (Å²) in [6.45, 7) is 0. The molecule has 1 atom stereocenters. The van der Waals surface area contributed by atoms with E-state index in [1.54, 1.807) is 36.0 Å². The van der Waals surface area contributed by atoms with Crippen LogP contribution in [0.5, 0.6) is 0 Å². The minimum atomic E-state index is -0.506. The molecule has 106 valence electrons. The zero-order valence-electron chi connectivity index (χ0n) is 11.2. The predicted molar refractivity (Wildman–Crippen MR) is 83.4 cm³/mol. The Bertz CT molecular complexity index is 690. The van der Waals surface area contributed by atoms with Crippen molar-refractivity contribution in [3.63, 3.8) is 0 Å². The average molecular weight is 298 g/mol. The Morgan fingerprint density at radius 2 is 1.95 bits per heavy atom. The number of carbonyl (C=O) groups is 2. The van der Waals surface area contributed by atoms with Crippen LogP contribution in [0.3, 0.4) is 0 Å². The first-order valence-electron chi connectivity index (χ1n) is 6.59. The second-order valence-electron chi connectivity index (χ2n) is 4.85. The minimum Gasteiger partial charge on any atom is -0.366 e. The van der Waals surface area contributed by atoms with Gasteiger partial charge in [-0.15, -0.1) is 11.8 Å². The summed E-state index contributed by atoms with van der Waals surface area (Å²) in [5.74, 6) is -0.563. The topological polar surface area (TPSA) is 72.2 Å². The summed E-state index contributed by atoms with van der Waals surface area (Å²) in [5, 5.41) is 2.71. The number of benzene rings is 2. The van der Waals surface area contributed by atoms with Crippen molar-refractivity contribution >= 4 is 29.3 Å². The van der Waals surface area contributed by atoms with E-state index in [0.29, 0.717) is 11.3 Å². The SMILES string of the molecule is NC(=O)c1cccc(NC(=O)C2Cc3ccccc3S2)c1. The van der Waals surface area contributed by atoms with Gasteiger partial charge in [-0.1, -0.05) is 24.3 Å². The van der Waals surface area contributed by atoms with Gasteiger partial charge in [0, 0.05) is 16.1 Å². The van der Waals surface area contributed by atoms with Crippen molar-refractivity contribution in [2.75, 3.05) is 5.32 Å². The van der Waals surface area contributed by atoms with Crippen LogP contribution in [-0.4, -0.2) is 17.1 Å². The maximum Gasteiger partial charge on any atom is 0.248 e. The van der Waals surface area contributed by atoms with Gasteiger partial charge in [-0.25, -0.2) is 0 Å². The number of primary amides is 1. The van der Waals surface area contributed by atoms with Crippen LogP contribution in [0.4, 0.5) is 5.69 Å². The van der Waals surface area contributed by atoms with Gasteiger partial charge < -0.3 is 11.1 Å². The molecule has 21 heavy (non-hydrogen) atoms. The molecule has 0 aliphatic carbocycles. The zero-order valence-corrected chi connectivity index (χ0v) is 12.0. The Labute approximate surface area is 126 Å². The van der Waals surface area contributed by atoms with Gasteiger partial charge in [0.25, 0.3) is 0 Å². The fraction of sp³-hybridized carbons (Fsp3) is 0.125.